The first-order valence-electron chi connectivity index (χ1n) is 9.64. The summed E-state index contributed by atoms with van der Waals surface area (Å²) in [7, 11) is 0. The minimum atomic E-state index is -0.00662. The molecule has 1 saturated carbocycles. The lowest BCUT2D eigenvalue weighted by Gasteiger charge is -2.30. The van der Waals surface area contributed by atoms with E-state index in [1.807, 2.05) is 47.8 Å². The summed E-state index contributed by atoms with van der Waals surface area (Å²) in [5.74, 6) is 0.699. The molecule has 2 atom stereocenters. The van der Waals surface area contributed by atoms with Gasteiger partial charge in [0, 0.05) is 18.0 Å². The van der Waals surface area contributed by atoms with Crippen molar-refractivity contribution in [2.45, 2.75) is 37.8 Å². The number of carbonyl (C=O) groups is 1. The number of amides is 1. The van der Waals surface area contributed by atoms with Crippen LogP contribution in [-0.2, 0) is 4.74 Å². The topological polar surface area (TPSA) is 51.2 Å². The van der Waals surface area contributed by atoms with Crippen LogP contribution in [0.25, 0.3) is 21.5 Å². The van der Waals surface area contributed by atoms with E-state index in [0.717, 1.165) is 40.9 Å². The molecular weight excluding hydrogens is 356 g/mol. The molecule has 1 amide bonds. The van der Waals surface area contributed by atoms with Crippen LogP contribution in [0, 0.1) is 5.92 Å². The molecule has 2 fully saturated rings. The van der Waals surface area contributed by atoms with Gasteiger partial charge in [-0.1, -0.05) is 24.3 Å². The van der Waals surface area contributed by atoms with E-state index in [1.54, 1.807) is 11.3 Å². The third-order valence-corrected chi connectivity index (χ3v) is 6.42. The molecule has 2 aliphatic rings. The molecule has 1 saturated heterocycles. The average Bonchev–Trinajstić information content (AvgIpc) is 3.41. The molecule has 138 valence electrons. The number of pyridine rings is 1. The molecule has 0 radical (unpaired) electrons. The van der Waals surface area contributed by atoms with Crippen molar-refractivity contribution in [2.75, 3.05) is 6.61 Å². The molecule has 4 nitrogen and oxygen atoms in total. The van der Waals surface area contributed by atoms with Crippen LogP contribution in [-0.4, -0.2) is 29.6 Å². The van der Waals surface area contributed by atoms with Gasteiger partial charge in [-0.05, 0) is 55.2 Å². The van der Waals surface area contributed by atoms with Gasteiger partial charge in [-0.2, -0.15) is 0 Å². The van der Waals surface area contributed by atoms with Crippen molar-refractivity contribution in [3.8, 4) is 10.6 Å². The van der Waals surface area contributed by atoms with Crippen LogP contribution in [0.4, 0.5) is 0 Å². The largest absolute Gasteiger partial charge is 0.378 e. The van der Waals surface area contributed by atoms with E-state index < -0.39 is 0 Å². The quantitative estimate of drug-likeness (QED) is 0.719. The van der Waals surface area contributed by atoms with E-state index in [-0.39, 0.29) is 11.9 Å². The Kier molecular flexibility index (Phi) is 4.42. The number of nitrogens with one attached hydrogen (secondary N) is 1. The smallest absolute Gasteiger partial charge is 0.252 e. The summed E-state index contributed by atoms with van der Waals surface area (Å²) in [6.45, 7) is 0.740. The van der Waals surface area contributed by atoms with Gasteiger partial charge in [-0.25, -0.2) is 4.98 Å². The van der Waals surface area contributed by atoms with Crippen LogP contribution < -0.4 is 5.32 Å². The van der Waals surface area contributed by atoms with Crippen molar-refractivity contribution in [1.29, 1.82) is 0 Å². The minimum absolute atomic E-state index is 0.00662. The maximum atomic E-state index is 13.2. The Morgan fingerprint density at radius 2 is 2.04 bits per heavy atom. The van der Waals surface area contributed by atoms with Gasteiger partial charge >= 0.3 is 0 Å². The van der Waals surface area contributed by atoms with Crippen LogP contribution in [0.2, 0.25) is 0 Å². The number of thiophene rings is 1. The molecule has 3 heterocycles. The molecule has 1 aliphatic carbocycles. The average molecular weight is 378 g/mol. The van der Waals surface area contributed by atoms with Gasteiger partial charge in [0.15, 0.2) is 0 Å². The number of hydrogen-bond donors (Lipinski definition) is 1. The highest BCUT2D eigenvalue weighted by Gasteiger charge is 2.36. The minimum Gasteiger partial charge on any atom is -0.378 e. The first-order valence-corrected chi connectivity index (χ1v) is 10.5. The molecule has 2 aromatic heterocycles. The van der Waals surface area contributed by atoms with Crippen LogP contribution in [0.5, 0.6) is 0 Å². The Morgan fingerprint density at radius 3 is 2.85 bits per heavy atom. The Morgan fingerprint density at radius 1 is 1.15 bits per heavy atom. The van der Waals surface area contributed by atoms with Crippen LogP contribution in [0.15, 0.2) is 47.8 Å². The standard InChI is InChI=1S/C22H22N2O2S/c25-22(23-15-9-10-26-20(12-15)14-7-8-14)17-13-19(21-6-3-11-27-21)24-18-5-2-1-4-16(17)18/h1-6,11,13-15,20H,7-10,12H2,(H,23,25). The highest BCUT2D eigenvalue weighted by Crippen LogP contribution is 2.38. The summed E-state index contributed by atoms with van der Waals surface area (Å²) in [5, 5.41) is 6.21. The second-order valence-electron chi connectivity index (χ2n) is 7.49. The molecule has 1 aromatic carbocycles. The van der Waals surface area contributed by atoms with E-state index in [2.05, 4.69) is 5.32 Å². The van der Waals surface area contributed by atoms with Crippen molar-refractivity contribution in [2.24, 2.45) is 5.92 Å². The summed E-state index contributed by atoms with van der Waals surface area (Å²) in [5.41, 5.74) is 2.42. The first kappa shape index (κ1) is 16.9. The van der Waals surface area contributed by atoms with E-state index in [0.29, 0.717) is 17.6 Å². The molecule has 1 N–H and O–H groups in total. The molecule has 0 spiro atoms. The molecule has 27 heavy (non-hydrogen) atoms. The molecule has 5 heteroatoms. The lowest BCUT2D eigenvalue weighted by atomic mass is 9.99. The summed E-state index contributed by atoms with van der Waals surface area (Å²) in [6, 6.07) is 14.1. The molecule has 3 aromatic rings. The molecular formula is C22H22N2O2S. The number of aromatic nitrogens is 1. The second-order valence-corrected chi connectivity index (χ2v) is 8.44. The number of hydrogen-bond acceptors (Lipinski definition) is 4. The fourth-order valence-corrected chi connectivity index (χ4v) is 4.62. The highest BCUT2D eigenvalue weighted by molar-refractivity contribution is 7.13. The molecule has 2 unspecified atom stereocenters. The van der Waals surface area contributed by atoms with Crippen molar-refractivity contribution in [1.82, 2.24) is 10.3 Å². The second kappa shape index (κ2) is 7.06. The van der Waals surface area contributed by atoms with Crippen LogP contribution in [0.1, 0.15) is 36.0 Å². The number of para-hydroxylation sites is 1. The zero-order chi connectivity index (χ0) is 18.2. The van der Waals surface area contributed by atoms with Gasteiger partial charge in [-0.3, -0.25) is 4.79 Å². The molecule has 0 bridgehead atoms. The normalized spacial score (nSPS) is 22.7. The van der Waals surface area contributed by atoms with Gasteiger partial charge in [0.25, 0.3) is 5.91 Å². The molecule has 1 aliphatic heterocycles. The fourth-order valence-electron chi connectivity index (χ4n) is 3.93. The van der Waals surface area contributed by atoms with Gasteiger partial charge in [0.05, 0.1) is 27.8 Å². The predicted molar refractivity (Wildman–Crippen MR) is 108 cm³/mol. The maximum Gasteiger partial charge on any atom is 0.252 e. The first-order chi connectivity index (χ1) is 13.3. The SMILES string of the molecule is O=C(NC1CCOC(C2CC2)C1)c1cc(-c2cccs2)nc2ccccc12. The van der Waals surface area contributed by atoms with Crippen molar-refractivity contribution in [3.05, 3.63) is 53.4 Å². The number of carbonyl (C=O) groups excluding carboxylic acids is 1. The van der Waals surface area contributed by atoms with Crippen molar-refractivity contribution in [3.63, 3.8) is 0 Å². The fraction of sp³-hybridized carbons (Fsp3) is 0.364. The van der Waals surface area contributed by atoms with E-state index in [1.165, 1.54) is 12.8 Å². The Labute approximate surface area is 162 Å². The van der Waals surface area contributed by atoms with Gasteiger partial charge in [0.2, 0.25) is 0 Å². The Balaban J connectivity index is 1.45. The third kappa shape index (κ3) is 3.49. The van der Waals surface area contributed by atoms with E-state index in [9.17, 15) is 4.79 Å². The van der Waals surface area contributed by atoms with Crippen molar-refractivity contribution >= 4 is 28.1 Å². The van der Waals surface area contributed by atoms with E-state index >= 15 is 0 Å². The summed E-state index contributed by atoms with van der Waals surface area (Å²) >= 11 is 1.64. The zero-order valence-electron chi connectivity index (χ0n) is 15.1. The van der Waals surface area contributed by atoms with Crippen molar-refractivity contribution < 1.29 is 9.53 Å². The van der Waals surface area contributed by atoms with Gasteiger partial charge < -0.3 is 10.1 Å². The Hall–Kier alpha value is -2.24. The highest BCUT2D eigenvalue weighted by atomic mass is 32.1. The predicted octanol–water partition coefficient (Wildman–Crippen LogP) is 4.65. The molecule has 5 rings (SSSR count). The summed E-state index contributed by atoms with van der Waals surface area (Å²) in [4.78, 5) is 19.0. The van der Waals surface area contributed by atoms with Gasteiger partial charge in [0.1, 0.15) is 0 Å². The lowest BCUT2D eigenvalue weighted by molar-refractivity contribution is -0.0102. The maximum absolute atomic E-state index is 13.2. The summed E-state index contributed by atoms with van der Waals surface area (Å²) in [6.07, 6.45) is 4.67. The number of rotatable bonds is 4. The Bertz CT molecular complexity index is 966. The van der Waals surface area contributed by atoms with Gasteiger partial charge in [-0.15, -0.1) is 11.3 Å². The van der Waals surface area contributed by atoms with Crippen LogP contribution in [0.3, 0.4) is 0 Å². The van der Waals surface area contributed by atoms with E-state index in [4.69, 9.17) is 9.72 Å². The monoisotopic (exact) mass is 378 g/mol. The number of ether oxygens (including phenoxy) is 1. The number of nitrogens with zero attached hydrogens (tertiary/aromatic N) is 1. The summed E-state index contributed by atoms with van der Waals surface area (Å²) < 4.78 is 5.90. The lowest BCUT2D eigenvalue weighted by Crippen LogP contribution is -2.42. The number of benzene rings is 1. The van der Waals surface area contributed by atoms with Crippen LogP contribution >= 0.6 is 11.3 Å². The zero-order valence-corrected chi connectivity index (χ0v) is 15.9. The third-order valence-electron chi connectivity index (χ3n) is 5.53. The number of fused-ring (bicyclic) bond motifs is 1.